The van der Waals surface area contributed by atoms with Crippen LogP contribution in [0.2, 0.25) is 0 Å². The molecule has 8 heteroatoms. The Morgan fingerprint density at radius 3 is 2.64 bits per heavy atom. The zero-order valence-corrected chi connectivity index (χ0v) is 16.8. The maximum atomic E-state index is 12.7. The molecule has 0 unspecified atom stereocenters. The molecule has 2 amide bonds. The maximum Gasteiger partial charge on any atom is 0.266 e. The second kappa shape index (κ2) is 9.38. The smallest absolute Gasteiger partial charge is 0.266 e. The summed E-state index contributed by atoms with van der Waals surface area (Å²) >= 11 is 6.54. The first-order chi connectivity index (χ1) is 13.6. The van der Waals surface area contributed by atoms with Gasteiger partial charge in [0.25, 0.3) is 5.91 Å². The van der Waals surface area contributed by atoms with E-state index >= 15 is 0 Å². The van der Waals surface area contributed by atoms with Crippen molar-refractivity contribution in [2.24, 2.45) is 0 Å². The topological polar surface area (TPSA) is 70.7 Å². The third-order valence-electron chi connectivity index (χ3n) is 3.98. The molecular formula is C20H19N3O3S2. The molecule has 1 heterocycles. The van der Waals surface area contributed by atoms with Crippen molar-refractivity contribution in [2.75, 3.05) is 19.1 Å². The Morgan fingerprint density at radius 1 is 1.18 bits per heavy atom. The molecule has 6 nitrogen and oxygen atoms in total. The SMILES string of the molecule is COc1ccccc1C=C1SC(=S)N(CCC(=O)NNc2ccccc2)C1=O. The largest absolute Gasteiger partial charge is 0.496 e. The van der Waals surface area contributed by atoms with Crippen LogP contribution in [-0.2, 0) is 9.59 Å². The highest BCUT2D eigenvalue weighted by atomic mass is 32.2. The lowest BCUT2D eigenvalue weighted by molar-refractivity contribution is -0.123. The summed E-state index contributed by atoms with van der Waals surface area (Å²) < 4.78 is 5.76. The third kappa shape index (κ3) is 4.90. The number of amides is 2. The van der Waals surface area contributed by atoms with Gasteiger partial charge in [-0.05, 0) is 24.3 Å². The fourth-order valence-electron chi connectivity index (χ4n) is 2.56. The number of para-hydroxylation sites is 2. The van der Waals surface area contributed by atoms with Crippen LogP contribution in [0, 0.1) is 0 Å². The Morgan fingerprint density at radius 2 is 1.89 bits per heavy atom. The van der Waals surface area contributed by atoms with Crippen molar-refractivity contribution in [3.8, 4) is 5.75 Å². The predicted octanol–water partition coefficient (Wildman–Crippen LogP) is 3.43. The third-order valence-corrected chi connectivity index (χ3v) is 5.36. The van der Waals surface area contributed by atoms with Crippen molar-refractivity contribution in [3.63, 3.8) is 0 Å². The minimum atomic E-state index is -0.230. The van der Waals surface area contributed by atoms with Gasteiger partial charge in [0.2, 0.25) is 5.91 Å². The number of thioether (sulfide) groups is 1. The van der Waals surface area contributed by atoms with Gasteiger partial charge in [-0.3, -0.25) is 25.3 Å². The molecule has 1 aliphatic rings. The zero-order chi connectivity index (χ0) is 19.9. The minimum Gasteiger partial charge on any atom is -0.496 e. The number of hydrogen-bond acceptors (Lipinski definition) is 6. The van der Waals surface area contributed by atoms with Crippen molar-refractivity contribution in [3.05, 3.63) is 65.1 Å². The summed E-state index contributed by atoms with van der Waals surface area (Å²) in [6.07, 6.45) is 1.89. The van der Waals surface area contributed by atoms with Gasteiger partial charge in [-0.25, -0.2) is 0 Å². The van der Waals surface area contributed by atoms with Crippen molar-refractivity contribution in [1.82, 2.24) is 10.3 Å². The van der Waals surface area contributed by atoms with Crippen molar-refractivity contribution in [1.29, 1.82) is 0 Å². The number of thiocarbonyl (C=S) groups is 1. The molecule has 1 saturated heterocycles. The van der Waals surface area contributed by atoms with Gasteiger partial charge in [-0.15, -0.1) is 0 Å². The first kappa shape index (κ1) is 19.9. The molecule has 0 radical (unpaired) electrons. The molecule has 0 saturated carbocycles. The summed E-state index contributed by atoms with van der Waals surface area (Å²) in [6.45, 7) is 0.218. The Bertz CT molecular complexity index is 916. The van der Waals surface area contributed by atoms with Crippen molar-refractivity contribution >= 4 is 51.9 Å². The minimum absolute atomic E-state index is 0.133. The van der Waals surface area contributed by atoms with E-state index in [9.17, 15) is 9.59 Å². The Balaban J connectivity index is 1.58. The van der Waals surface area contributed by atoms with E-state index in [0.717, 1.165) is 11.3 Å². The fraction of sp³-hybridized carbons (Fsp3) is 0.150. The first-order valence-corrected chi connectivity index (χ1v) is 9.79. The van der Waals surface area contributed by atoms with Gasteiger partial charge in [-0.2, -0.15) is 0 Å². The molecule has 0 aromatic heterocycles. The van der Waals surface area contributed by atoms with E-state index < -0.39 is 0 Å². The molecular weight excluding hydrogens is 394 g/mol. The van der Waals surface area contributed by atoms with Crippen molar-refractivity contribution < 1.29 is 14.3 Å². The van der Waals surface area contributed by atoms with E-state index in [2.05, 4.69) is 10.9 Å². The number of nitrogens with zero attached hydrogens (tertiary/aromatic N) is 1. The van der Waals surface area contributed by atoms with E-state index in [1.807, 2.05) is 54.6 Å². The second-order valence-corrected chi connectivity index (χ2v) is 7.54. The summed E-state index contributed by atoms with van der Waals surface area (Å²) in [5.41, 5.74) is 7.02. The molecule has 1 aliphatic heterocycles. The molecule has 3 rings (SSSR count). The van der Waals surface area contributed by atoms with Crippen LogP contribution < -0.4 is 15.6 Å². The molecule has 2 aromatic carbocycles. The van der Waals surface area contributed by atoms with E-state index in [-0.39, 0.29) is 24.8 Å². The lowest BCUT2D eigenvalue weighted by atomic mass is 10.2. The van der Waals surface area contributed by atoms with Crippen LogP contribution in [0.15, 0.2) is 59.5 Å². The van der Waals surface area contributed by atoms with Gasteiger partial charge in [-0.1, -0.05) is 60.4 Å². The second-order valence-electron chi connectivity index (χ2n) is 5.86. The number of carbonyl (C=O) groups excluding carboxylic acids is 2. The number of hydrogen-bond donors (Lipinski definition) is 2. The number of methoxy groups -OCH3 is 1. The van der Waals surface area contributed by atoms with Gasteiger partial charge >= 0.3 is 0 Å². The van der Waals surface area contributed by atoms with Crippen LogP contribution in [0.25, 0.3) is 6.08 Å². The Hall–Kier alpha value is -2.84. The van der Waals surface area contributed by atoms with Crippen LogP contribution in [0.5, 0.6) is 5.75 Å². The monoisotopic (exact) mass is 413 g/mol. The van der Waals surface area contributed by atoms with Crippen LogP contribution in [0.4, 0.5) is 5.69 Å². The van der Waals surface area contributed by atoms with Gasteiger partial charge in [0.05, 0.1) is 17.7 Å². The summed E-state index contributed by atoms with van der Waals surface area (Å²) in [5, 5.41) is 0. The predicted molar refractivity (Wildman–Crippen MR) is 116 cm³/mol. The van der Waals surface area contributed by atoms with Crippen LogP contribution >= 0.6 is 24.0 Å². The molecule has 1 fully saturated rings. The standard InChI is InChI=1S/C20H19N3O3S2/c1-26-16-10-6-5-7-14(16)13-17-19(25)23(20(27)28-17)12-11-18(24)22-21-15-8-3-2-4-9-15/h2-10,13,21H,11-12H2,1H3,(H,22,24). The fourth-order valence-corrected chi connectivity index (χ4v) is 3.86. The first-order valence-electron chi connectivity index (χ1n) is 8.57. The number of hydrazine groups is 1. The normalized spacial score (nSPS) is 15.0. The van der Waals surface area contributed by atoms with Gasteiger partial charge < -0.3 is 4.74 Å². The van der Waals surface area contributed by atoms with Crippen LogP contribution in [-0.4, -0.2) is 34.7 Å². The number of anilines is 1. The molecule has 0 bridgehead atoms. The highest BCUT2D eigenvalue weighted by Gasteiger charge is 2.32. The van der Waals surface area contributed by atoms with E-state index in [4.69, 9.17) is 17.0 Å². The number of benzene rings is 2. The summed E-state index contributed by atoms with van der Waals surface area (Å²) in [6, 6.07) is 16.7. The van der Waals surface area contributed by atoms with Gasteiger partial charge in [0.15, 0.2) is 0 Å². The average molecular weight is 414 g/mol. The Labute approximate surface area is 172 Å². The van der Waals surface area contributed by atoms with Crippen LogP contribution in [0.1, 0.15) is 12.0 Å². The van der Waals surface area contributed by atoms with Crippen LogP contribution in [0.3, 0.4) is 0 Å². The molecule has 0 aliphatic carbocycles. The maximum absolute atomic E-state index is 12.7. The molecule has 28 heavy (non-hydrogen) atoms. The van der Waals surface area contributed by atoms with E-state index in [0.29, 0.717) is 15.0 Å². The average Bonchev–Trinajstić information content (AvgIpc) is 2.98. The van der Waals surface area contributed by atoms with E-state index in [1.54, 1.807) is 13.2 Å². The highest BCUT2D eigenvalue weighted by molar-refractivity contribution is 8.26. The molecule has 2 N–H and O–H groups in total. The zero-order valence-electron chi connectivity index (χ0n) is 15.2. The van der Waals surface area contributed by atoms with Gasteiger partial charge in [0, 0.05) is 18.5 Å². The summed E-state index contributed by atoms with van der Waals surface area (Å²) in [7, 11) is 1.58. The quantitative estimate of drug-likeness (QED) is 0.412. The molecule has 0 spiro atoms. The van der Waals surface area contributed by atoms with Gasteiger partial charge in [0.1, 0.15) is 10.1 Å². The number of nitrogens with one attached hydrogen (secondary N) is 2. The lowest BCUT2D eigenvalue weighted by Gasteiger charge is -2.14. The lowest BCUT2D eigenvalue weighted by Crippen LogP contribution is -2.35. The number of rotatable bonds is 7. The number of carbonyl (C=O) groups is 2. The number of ether oxygens (including phenoxy) is 1. The summed E-state index contributed by atoms with van der Waals surface area (Å²) in [4.78, 5) is 26.7. The Kier molecular flexibility index (Phi) is 6.67. The highest BCUT2D eigenvalue weighted by Crippen LogP contribution is 2.34. The molecule has 144 valence electrons. The molecule has 0 atom stereocenters. The molecule has 2 aromatic rings. The van der Waals surface area contributed by atoms with E-state index in [1.165, 1.54) is 16.7 Å². The van der Waals surface area contributed by atoms with Crippen molar-refractivity contribution in [2.45, 2.75) is 6.42 Å². The summed E-state index contributed by atoms with van der Waals surface area (Å²) in [5.74, 6) is 0.246.